The molecule has 0 saturated carbocycles. The van der Waals surface area contributed by atoms with Gasteiger partial charge in [0.1, 0.15) is 0 Å². The van der Waals surface area contributed by atoms with E-state index in [0.29, 0.717) is 11.5 Å². The minimum Gasteiger partial charge on any atom is -0.396 e. The highest BCUT2D eigenvalue weighted by Crippen LogP contribution is 2.19. The Labute approximate surface area is 106 Å². The molecule has 4 heteroatoms. The Morgan fingerprint density at radius 2 is 2.12 bits per heavy atom. The quantitative estimate of drug-likeness (QED) is 0.820. The molecule has 92 valence electrons. The summed E-state index contributed by atoms with van der Waals surface area (Å²) < 4.78 is 0. The van der Waals surface area contributed by atoms with Gasteiger partial charge < -0.3 is 10.0 Å². The number of nitrogens with zero attached hydrogens (tertiary/aromatic N) is 1. The molecule has 0 aliphatic carbocycles. The summed E-state index contributed by atoms with van der Waals surface area (Å²) in [6.07, 6.45) is 0.951. The molecule has 3 nitrogen and oxygen atoms in total. The first-order valence-corrected chi connectivity index (χ1v) is 7.00. The second-order valence-electron chi connectivity index (χ2n) is 4.11. The van der Waals surface area contributed by atoms with E-state index in [1.54, 1.807) is 0 Å². The molecule has 1 aromatic rings. The fourth-order valence-electron chi connectivity index (χ4n) is 2.02. The van der Waals surface area contributed by atoms with Crippen molar-refractivity contribution in [1.29, 1.82) is 0 Å². The van der Waals surface area contributed by atoms with Crippen molar-refractivity contribution in [3.05, 3.63) is 35.4 Å². The second-order valence-corrected chi connectivity index (χ2v) is 5.22. The summed E-state index contributed by atoms with van der Waals surface area (Å²) in [5.74, 6) is 1.29. The van der Waals surface area contributed by atoms with Gasteiger partial charge in [-0.2, -0.15) is 0 Å². The summed E-state index contributed by atoms with van der Waals surface area (Å²) in [6.45, 7) is 1.69. The van der Waals surface area contributed by atoms with Crippen LogP contribution in [0.3, 0.4) is 0 Å². The molecule has 0 fully saturated rings. The third-order valence-electron chi connectivity index (χ3n) is 2.94. The first-order valence-electron chi connectivity index (χ1n) is 5.84. The Morgan fingerprint density at radius 1 is 1.35 bits per heavy atom. The summed E-state index contributed by atoms with van der Waals surface area (Å²) in [4.78, 5) is 13.8. The topological polar surface area (TPSA) is 40.5 Å². The number of hydrogen-bond donors (Lipinski definition) is 1. The predicted molar refractivity (Wildman–Crippen MR) is 70.0 cm³/mol. The van der Waals surface area contributed by atoms with Gasteiger partial charge in [-0.25, -0.2) is 0 Å². The minimum atomic E-state index is 0.140. The van der Waals surface area contributed by atoms with Gasteiger partial charge in [0, 0.05) is 18.8 Å². The van der Waals surface area contributed by atoms with Crippen molar-refractivity contribution in [2.24, 2.45) is 0 Å². The van der Waals surface area contributed by atoms with Crippen LogP contribution in [0.15, 0.2) is 24.3 Å². The van der Waals surface area contributed by atoms with Crippen LogP contribution in [0.4, 0.5) is 0 Å². The Kier molecular flexibility index (Phi) is 4.45. The molecule has 0 aromatic heterocycles. The van der Waals surface area contributed by atoms with Crippen LogP contribution in [0.25, 0.3) is 0 Å². The van der Waals surface area contributed by atoms with Crippen LogP contribution in [0.5, 0.6) is 0 Å². The normalized spacial score (nSPS) is 14.5. The standard InChI is InChI=1S/C13H17NO2S/c15-7-8-17-10-13(16)14-6-5-11-3-1-2-4-12(11)9-14/h1-4,15H,5-10H2. The number of hydrogen-bond acceptors (Lipinski definition) is 3. The fourth-order valence-corrected chi connectivity index (χ4v) is 2.65. The molecule has 0 bridgehead atoms. The number of aliphatic hydroxyl groups is 1. The molecule has 1 aliphatic rings. The third-order valence-corrected chi connectivity index (χ3v) is 3.87. The number of thioether (sulfide) groups is 1. The second kappa shape index (κ2) is 6.07. The Bertz CT molecular complexity index is 395. The van der Waals surface area contributed by atoms with Gasteiger partial charge in [-0.3, -0.25) is 4.79 Å². The van der Waals surface area contributed by atoms with E-state index in [0.717, 1.165) is 19.5 Å². The van der Waals surface area contributed by atoms with Crippen molar-refractivity contribution in [2.75, 3.05) is 24.7 Å². The average molecular weight is 251 g/mol. The minimum absolute atomic E-state index is 0.140. The number of fused-ring (bicyclic) bond motifs is 1. The lowest BCUT2D eigenvalue weighted by atomic mass is 10.00. The van der Waals surface area contributed by atoms with E-state index in [1.807, 2.05) is 17.0 Å². The molecule has 0 spiro atoms. The van der Waals surface area contributed by atoms with E-state index in [2.05, 4.69) is 12.1 Å². The van der Waals surface area contributed by atoms with Crippen molar-refractivity contribution in [2.45, 2.75) is 13.0 Å². The van der Waals surface area contributed by atoms with Crippen LogP contribution in [0.2, 0.25) is 0 Å². The summed E-state index contributed by atoms with van der Waals surface area (Å²) in [5.41, 5.74) is 2.62. The predicted octanol–water partition coefficient (Wildman–Crippen LogP) is 1.30. The van der Waals surface area contributed by atoms with Crippen molar-refractivity contribution in [3.8, 4) is 0 Å². The maximum atomic E-state index is 11.9. The number of benzene rings is 1. The monoisotopic (exact) mass is 251 g/mol. The fraction of sp³-hybridized carbons (Fsp3) is 0.462. The van der Waals surface area contributed by atoms with E-state index >= 15 is 0 Å². The highest BCUT2D eigenvalue weighted by atomic mass is 32.2. The van der Waals surface area contributed by atoms with Gasteiger partial charge >= 0.3 is 0 Å². The van der Waals surface area contributed by atoms with Crippen LogP contribution in [-0.4, -0.2) is 40.6 Å². The van der Waals surface area contributed by atoms with E-state index in [9.17, 15) is 4.79 Å². The van der Waals surface area contributed by atoms with Gasteiger partial charge in [-0.1, -0.05) is 24.3 Å². The number of carbonyl (C=O) groups is 1. The number of rotatable bonds is 4. The number of aliphatic hydroxyl groups excluding tert-OH is 1. The van der Waals surface area contributed by atoms with E-state index in [4.69, 9.17) is 5.11 Å². The van der Waals surface area contributed by atoms with Gasteiger partial charge in [0.05, 0.1) is 12.4 Å². The van der Waals surface area contributed by atoms with Crippen molar-refractivity contribution in [1.82, 2.24) is 4.90 Å². The van der Waals surface area contributed by atoms with Crippen molar-refractivity contribution >= 4 is 17.7 Å². The molecule has 0 unspecified atom stereocenters. The molecule has 1 aliphatic heterocycles. The number of amides is 1. The van der Waals surface area contributed by atoms with Crippen LogP contribution in [0, 0.1) is 0 Å². The SMILES string of the molecule is O=C(CSCCO)N1CCc2ccccc2C1. The maximum Gasteiger partial charge on any atom is 0.232 e. The van der Waals surface area contributed by atoms with E-state index < -0.39 is 0 Å². The van der Waals surface area contributed by atoms with E-state index in [-0.39, 0.29) is 12.5 Å². The molecule has 1 N–H and O–H groups in total. The lowest BCUT2D eigenvalue weighted by Gasteiger charge is -2.28. The molecule has 2 rings (SSSR count). The first-order chi connectivity index (χ1) is 8.31. The average Bonchev–Trinajstić information content (AvgIpc) is 2.38. The summed E-state index contributed by atoms with van der Waals surface area (Å²) >= 11 is 1.50. The zero-order chi connectivity index (χ0) is 12.1. The Balaban J connectivity index is 1.91. The zero-order valence-electron chi connectivity index (χ0n) is 9.76. The molecule has 1 aromatic carbocycles. The third kappa shape index (κ3) is 3.23. The molecular weight excluding hydrogens is 234 g/mol. The summed E-state index contributed by atoms with van der Waals surface area (Å²) in [5, 5.41) is 8.67. The van der Waals surface area contributed by atoms with Gasteiger partial charge in [0.2, 0.25) is 5.91 Å². The summed E-state index contributed by atoms with van der Waals surface area (Å²) in [6, 6.07) is 8.30. The maximum absolute atomic E-state index is 11.9. The van der Waals surface area contributed by atoms with Crippen LogP contribution in [0.1, 0.15) is 11.1 Å². The highest BCUT2D eigenvalue weighted by Gasteiger charge is 2.19. The van der Waals surface area contributed by atoms with Crippen LogP contribution < -0.4 is 0 Å². The molecule has 1 amide bonds. The number of carbonyl (C=O) groups excluding carboxylic acids is 1. The van der Waals surface area contributed by atoms with E-state index in [1.165, 1.54) is 22.9 Å². The molecule has 0 radical (unpaired) electrons. The highest BCUT2D eigenvalue weighted by molar-refractivity contribution is 7.99. The smallest absolute Gasteiger partial charge is 0.232 e. The van der Waals surface area contributed by atoms with Crippen molar-refractivity contribution in [3.63, 3.8) is 0 Å². The molecule has 0 saturated heterocycles. The zero-order valence-corrected chi connectivity index (χ0v) is 10.6. The van der Waals surface area contributed by atoms with Crippen LogP contribution in [-0.2, 0) is 17.8 Å². The van der Waals surface area contributed by atoms with Gasteiger partial charge in [-0.15, -0.1) is 11.8 Å². The molecule has 0 atom stereocenters. The lowest BCUT2D eigenvalue weighted by Crippen LogP contribution is -2.37. The largest absolute Gasteiger partial charge is 0.396 e. The van der Waals surface area contributed by atoms with Gasteiger partial charge in [0.15, 0.2) is 0 Å². The Morgan fingerprint density at radius 3 is 2.88 bits per heavy atom. The lowest BCUT2D eigenvalue weighted by molar-refractivity contribution is -0.129. The van der Waals surface area contributed by atoms with Gasteiger partial charge in [-0.05, 0) is 17.5 Å². The molecule has 1 heterocycles. The summed E-state index contributed by atoms with van der Waals surface area (Å²) in [7, 11) is 0. The molecule has 17 heavy (non-hydrogen) atoms. The first kappa shape index (κ1) is 12.5. The van der Waals surface area contributed by atoms with Crippen LogP contribution >= 0.6 is 11.8 Å². The van der Waals surface area contributed by atoms with Gasteiger partial charge in [0.25, 0.3) is 0 Å². The Hall–Kier alpha value is -1.00. The molecular formula is C13H17NO2S. The van der Waals surface area contributed by atoms with Crippen molar-refractivity contribution < 1.29 is 9.90 Å².